The zero-order chi connectivity index (χ0) is 13.9. The van der Waals surface area contributed by atoms with Gasteiger partial charge in [0.15, 0.2) is 0 Å². The topological polar surface area (TPSA) is 52.6 Å². The van der Waals surface area contributed by atoms with Crippen molar-refractivity contribution in [2.75, 3.05) is 11.4 Å². The van der Waals surface area contributed by atoms with E-state index in [-0.39, 0.29) is 11.7 Å². The van der Waals surface area contributed by atoms with E-state index in [1.807, 2.05) is 30.3 Å². The van der Waals surface area contributed by atoms with Gasteiger partial charge in [0, 0.05) is 12.2 Å². The maximum absolute atomic E-state index is 12.3. The quantitative estimate of drug-likeness (QED) is 0.876. The third-order valence-corrected chi connectivity index (χ3v) is 3.43. The number of rotatable bonds is 2. The van der Waals surface area contributed by atoms with Crippen molar-refractivity contribution in [1.29, 1.82) is 0 Å². The van der Waals surface area contributed by atoms with E-state index in [0.29, 0.717) is 19.6 Å². The van der Waals surface area contributed by atoms with Gasteiger partial charge in [-0.1, -0.05) is 30.3 Å². The molecule has 1 amide bonds. The van der Waals surface area contributed by atoms with Crippen molar-refractivity contribution in [2.24, 2.45) is 0 Å². The van der Waals surface area contributed by atoms with Crippen molar-refractivity contribution >= 4 is 11.6 Å². The number of hydrogen-bond acceptors (Lipinski definition) is 3. The average molecular weight is 268 g/mol. The molecule has 0 radical (unpaired) electrons. The number of phenolic OH excluding ortho intramolecular Hbond substituents is 1. The summed E-state index contributed by atoms with van der Waals surface area (Å²) < 4.78 is 0. The monoisotopic (exact) mass is 268 g/mol. The zero-order valence-electron chi connectivity index (χ0n) is 11.0. The number of amides is 1. The zero-order valence-corrected chi connectivity index (χ0v) is 11.0. The fourth-order valence-corrected chi connectivity index (χ4v) is 2.47. The van der Waals surface area contributed by atoms with Gasteiger partial charge in [-0.05, 0) is 29.3 Å². The Balaban J connectivity index is 1.96. The molecule has 102 valence electrons. The third-order valence-electron chi connectivity index (χ3n) is 3.43. The molecule has 1 aliphatic rings. The van der Waals surface area contributed by atoms with Gasteiger partial charge in [-0.3, -0.25) is 4.79 Å². The van der Waals surface area contributed by atoms with E-state index in [9.17, 15) is 9.90 Å². The van der Waals surface area contributed by atoms with E-state index < -0.39 is 0 Å². The lowest BCUT2D eigenvalue weighted by molar-refractivity contribution is -0.117. The molecular formula is C16H16N2O2. The molecule has 0 spiro atoms. The first-order chi connectivity index (χ1) is 9.74. The molecule has 20 heavy (non-hydrogen) atoms. The van der Waals surface area contributed by atoms with Crippen LogP contribution in [0.5, 0.6) is 5.75 Å². The first-order valence-electron chi connectivity index (χ1n) is 6.61. The SMILES string of the molecule is O=C1CNCc2ccccc2N1Cc1cccc(O)c1. The third kappa shape index (κ3) is 2.51. The molecule has 0 saturated carbocycles. The van der Waals surface area contributed by atoms with Gasteiger partial charge in [-0.25, -0.2) is 0 Å². The number of nitrogens with one attached hydrogen (secondary N) is 1. The summed E-state index contributed by atoms with van der Waals surface area (Å²) in [6.07, 6.45) is 0. The van der Waals surface area contributed by atoms with E-state index >= 15 is 0 Å². The molecule has 3 rings (SSSR count). The molecule has 0 atom stereocenters. The van der Waals surface area contributed by atoms with E-state index in [4.69, 9.17) is 0 Å². The number of hydrogen-bond donors (Lipinski definition) is 2. The number of fused-ring (bicyclic) bond motifs is 1. The highest BCUT2D eigenvalue weighted by atomic mass is 16.3. The number of aromatic hydroxyl groups is 1. The molecule has 1 aliphatic heterocycles. The Morgan fingerprint density at radius 3 is 2.80 bits per heavy atom. The van der Waals surface area contributed by atoms with Crippen LogP contribution < -0.4 is 10.2 Å². The minimum Gasteiger partial charge on any atom is -0.508 e. The molecule has 0 aliphatic carbocycles. The van der Waals surface area contributed by atoms with Crippen molar-refractivity contribution in [2.45, 2.75) is 13.1 Å². The normalized spacial score (nSPS) is 14.8. The van der Waals surface area contributed by atoms with Crippen molar-refractivity contribution in [3.8, 4) is 5.75 Å². The predicted molar refractivity (Wildman–Crippen MR) is 77.4 cm³/mol. The number of carbonyl (C=O) groups is 1. The molecular weight excluding hydrogens is 252 g/mol. The van der Waals surface area contributed by atoms with Crippen LogP contribution in [0.15, 0.2) is 48.5 Å². The van der Waals surface area contributed by atoms with Gasteiger partial charge in [-0.2, -0.15) is 0 Å². The molecule has 2 aromatic carbocycles. The number of carbonyl (C=O) groups excluding carboxylic acids is 1. The summed E-state index contributed by atoms with van der Waals surface area (Å²) in [6, 6.07) is 14.9. The van der Waals surface area contributed by atoms with Crippen LogP contribution in [0.1, 0.15) is 11.1 Å². The van der Waals surface area contributed by atoms with Gasteiger partial charge < -0.3 is 15.3 Å². The van der Waals surface area contributed by atoms with Crippen LogP contribution in [0.25, 0.3) is 0 Å². The molecule has 0 fully saturated rings. The largest absolute Gasteiger partial charge is 0.508 e. The fourth-order valence-electron chi connectivity index (χ4n) is 2.47. The van der Waals surface area contributed by atoms with E-state index in [1.54, 1.807) is 23.1 Å². The van der Waals surface area contributed by atoms with Gasteiger partial charge in [0.2, 0.25) is 5.91 Å². The molecule has 0 aromatic heterocycles. The minimum absolute atomic E-state index is 0.0401. The van der Waals surface area contributed by atoms with Crippen molar-refractivity contribution in [3.63, 3.8) is 0 Å². The van der Waals surface area contributed by atoms with E-state index in [2.05, 4.69) is 5.32 Å². The molecule has 2 N–H and O–H groups in total. The van der Waals surface area contributed by atoms with Crippen LogP contribution in [-0.2, 0) is 17.9 Å². The lowest BCUT2D eigenvalue weighted by atomic mass is 10.1. The summed E-state index contributed by atoms with van der Waals surface area (Å²) in [7, 11) is 0. The first-order valence-corrected chi connectivity index (χ1v) is 6.61. The van der Waals surface area contributed by atoms with Crippen LogP contribution in [0.3, 0.4) is 0 Å². The summed E-state index contributed by atoms with van der Waals surface area (Å²) in [5.41, 5.74) is 2.96. The van der Waals surface area contributed by atoms with Crippen molar-refractivity contribution in [1.82, 2.24) is 5.32 Å². The van der Waals surface area contributed by atoms with Gasteiger partial charge in [-0.15, -0.1) is 0 Å². The number of anilines is 1. The molecule has 0 bridgehead atoms. The second-order valence-corrected chi connectivity index (χ2v) is 4.88. The van der Waals surface area contributed by atoms with Crippen LogP contribution in [0.2, 0.25) is 0 Å². The molecule has 1 heterocycles. The standard InChI is InChI=1S/C16H16N2O2/c19-14-6-3-4-12(8-14)11-18-15-7-2-1-5-13(15)9-17-10-16(18)20/h1-8,17,19H,9-11H2. The van der Waals surface area contributed by atoms with Crippen molar-refractivity contribution in [3.05, 3.63) is 59.7 Å². The van der Waals surface area contributed by atoms with Crippen LogP contribution in [-0.4, -0.2) is 17.6 Å². The number of para-hydroxylation sites is 1. The summed E-state index contributed by atoms with van der Waals surface area (Å²) in [6.45, 7) is 1.48. The van der Waals surface area contributed by atoms with Gasteiger partial charge >= 0.3 is 0 Å². The maximum atomic E-state index is 12.3. The van der Waals surface area contributed by atoms with E-state index in [1.165, 1.54) is 0 Å². The van der Waals surface area contributed by atoms with Crippen LogP contribution in [0.4, 0.5) is 5.69 Å². The number of phenols is 1. The summed E-state index contributed by atoms with van der Waals surface area (Å²) in [5.74, 6) is 0.259. The second kappa shape index (κ2) is 5.35. The van der Waals surface area contributed by atoms with Gasteiger partial charge in [0.25, 0.3) is 0 Å². The highest BCUT2D eigenvalue weighted by Crippen LogP contribution is 2.25. The highest BCUT2D eigenvalue weighted by Gasteiger charge is 2.21. The Labute approximate surface area is 117 Å². The van der Waals surface area contributed by atoms with Gasteiger partial charge in [0.1, 0.15) is 5.75 Å². The van der Waals surface area contributed by atoms with Crippen molar-refractivity contribution < 1.29 is 9.90 Å². The Morgan fingerprint density at radius 2 is 1.95 bits per heavy atom. The molecule has 0 unspecified atom stereocenters. The fraction of sp³-hybridized carbons (Fsp3) is 0.188. The summed E-state index contributed by atoms with van der Waals surface area (Å²) in [5, 5.41) is 12.7. The molecule has 4 heteroatoms. The predicted octanol–water partition coefficient (Wildman–Crippen LogP) is 2.03. The highest BCUT2D eigenvalue weighted by molar-refractivity contribution is 5.96. The Bertz CT molecular complexity index is 640. The summed E-state index contributed by atoms with van der Waals surface area (Å²) >= 11 is 0. The van der Waals surface area contributed by atoms with E-state index in [0.717, 1.165) is 16.8 Å². The second-order valence-electron chi connectivity index (χ2n) is 4.88. The number of nitrogens with zero attached hydrogens (tertiary/aromatic N) is 1. The average Bonchev–Trinajstić information content (AvgIpc) is 2.59. The lowest BCUT2D eigenvalue weighted by Crippen LogP contribution is -2.35. The van der Waals surface area contributed by atoms with Crippen LogP contribution in [0, 0.1) is 0 Å². The Hall–Kier alpha value is -2.33. The van der Waals surface area contributed by atoms with Gasteiger partial charge in [0.05, 0.1) is 13.1 Å². The lowest BCUT2D eigenvalue weighted by Gasteiger charge is -2.22. The Morgan fingerprint density at radius 1 is 1.10 bits per heavy atom. The molecule has 4 nitrogen and oxygen atoms in total. The molecule has 0 saturated heterocycles. The smallest absolute Gasteiger partial charge is 0.241 e. The Kier molecular flexibility index (Phi) is 3.39. The summed E-state index contributed by atoms with van der Waals surface area (Å²) in [4.78, 5) is 14.0. The maximum Gasteiger partial charge on any atom is 0.241 e. The first kappa shape index (κ1) is 12.7. The minimum atomic E-state index is 0.0401. The van der Waals surface area contributed by atoms with Crippen LogP contribution >= 0.6 is 0 Å². The molecule has 2 aromatic rings. The number of benzene rings is 2.